The van der Waals surface area contributed by atoms with Crippen LogP contribution in [0.15, 0.2) is 29.3 Å². The molecule has 1 aromatic carbocycles. The zero-order valence-electron chi connectivity index (χ0n) is 15.3. The molecule has 0 fully saturated rings. The number of para-hydroxylation sites is 1. The summed E-state index contributed by atoms with van der Waals surface area (Å²) in [5.74, 6) is -0.0748. The van der Waals surface area contributed by atoms with Crippen molar-refractivity contribution in [2.24, 2.45) is 4.99 Å². The lowest BCUT2D eigenvalue weighted by Crippen LogP contribution is -2.42. The Bertz CT molecular complexity index is 610. The summed E-state index contributed by atoms with van der Waals surface area (Å²) in [6, 6.07) is 5.60. The van der Waals surface area contributed by atoms with Crippen molar-refractivity contribution in [2.45, 2.75) is 26.0 Å². The summed E-state index contributed by atoms with van der Waals surface area (Å²) in [6.45, 7) is 1.42. The lowest BCUT2D eigenvalue weighted by atomic mass is 10.2. The highest BCUT2D eigenvalue weighted by atomic mass is 127. The van der Waals surface area contributed by atoms with Gasteiger partial charge in [-0.15, -0.1) is 37.1 Å². The summed E-state index contributed by atoms with van der Waals surface area (Å²) in [7, 11) is 1.34. The number of hydrogen-bond donors (Lipinski definition) is 2. The van der Waals surface area contributed by atoms with Crippen molar-refractivity contribution in [3.63, 3.8) is 0 Å². The van der Waals surface area contributed by atoms with E-state index in [0.717, 1.165) is 4.90 Å². The maximum Gasteiger partial charge on any atom is 0.573 e. The molecule has 0 heterocycles. The Morgan fingerprint density at radius 3 is 2.32 bits per heavy atom. The molecule has 0 atom stereocenters. The van der Waals surface area contributed by atoms with E-state index in [2.05, 4.69) is 20.4 Å². The minimum Gasteiger partial charge on any atom is -0.405 e. The summed E-state index contributed by atoms with van der Waals surface area (Å²) < 4.78 is 78.1. The number of nitrogens with one attached hydrogen (secondary N) is 2. The molecule has 5 nitrogen and oxygen atoms in total. The van der Waals surface area contributed by atoms with E-state index in [9.17, 15) is 26.3 Å². The van der Waals surface area contributed by atoms with Crippen LogP contribution in [-0.4, -0.2) is 56.6 Å². The van der Waals surface area contributed by atoms with E-state index in [1.165, 1.54) is 25.2 Å². The van der Waals surface area contributed by atoms with E-state index in [0.29, 0.717) is 6.54 Å². The van der Waals surface area contributed by atoms with E-state index >= 15 is 0 Å². The number of aliphatic imine (C=N–C) groups is 1. The van der Waals surface area contributed by atoms with Crippen LogP contribution >= 0.6 is 24.0 Å². The van der Waals surface area contributed by atoms with E-state index in [1.807, 2.05) is 0 Å². The highest BCUT2D eigenvalue weighted by molar-refractivity contribution is 14.0. The van der Waals surface area contributed by atoms with Gasteiger partial charge < -0.3 is 15.4 Å². The van der Waals surface area contributed by atoms with Gasteiger partial charge in [0.05, 0.1) is 13.1 Å². The van der Waals surface area contributed by atoms with Gasteiger partial charge in [0, 0.05) is 25.2 Å². The van der Waals surface area contributed by atoms with Crippen LogP contribution < -0.4 is 15.4 Å². The molecule has 162 valence electrons. The quantitative estimate of drug-likeness (QED) is 0.234. The fourth-order valence-corrected chi connectivity index (χ4v) is 2.11. The van der Waals surface area contributed by atoms with Gasteiger partial charge in [-0.1, -0.05) is 18.2 Å². The summed E-state index contributed by atoms with van der Waals surface area (Å²) in [5, 5.41) is 5.72. The molecule has 0 aliphatic carbocycles. The van der Waals surface area contributed by atoms with Crippen LogP contribution in [0.25, 0.3) is 0 Å². The second-order valence-electron chi connectivity index (χ2n) is 5.63. The van der Waals surface area contributed by atoms with Crippen LogP contribution in [0.5, 0.6) is 5.75 Å². The number of benzene rings is 1. The lowest BCUT2D eigenvalue weighted by molar-refractivity contribution is -0.274. The van der Waals surface area contributed by atoms with Gasteiger partial charge in [0.2, 0.25) is 0 Å². The van der Waals surface area contributed by atoms with Crippen LogP contribution in [0.1, 0.15) is 12.5 Å². The second-order valence-corrected chi connectivity index (χ2v) is 5.63. The molecule has 0 unspecified atom stereocenters. The number of halogens is 7. The Hall–Kier alpha value is -1.44. The number of likely N-dealkylation sites (N-methyl/N-ethyl adjacent to an activating group) is 1. The third kappa shape index (κ3) is 12.1. The van der Waals surface area contributed by atoms with Gasteiger partial charge in [-0.05, 0) is 20.0 Å². The molecule has 0 saturated heterocycles. The minimum atomic E-state index is -4.81. The van der Waals surface area contributed by atoms with Crippen molar-refractivity contribution in [2.75, 3.05) is 33.2 Å². The zero-order chi connectivity index (χ0) is 20.5. The molecule has 12 heteroatoms. The Labute approximate surface area is 176 Å². The summed E-state index contributed by atoms with van der Waals surface area (Å²) in [5.41, 5.74) is 0.223. The van der Waals surface area contributed by atoms with Crippen molar-refractivity contribution in [3.05, 3.63) is 29.8 Å². The molecule has 1 rings (SSSR count). The van der Waals surface area contributed by atoms with Crippen LogP contribution in [0.2, 0.25) is 0 Å². The average molecular weight is 528 g/mol. The lowest BCUT2D eigenvalue weighted by Gasteiger charge is -2.19. The monoisotopic (exact) mass is 528 g/mol. The van der Waals surface area contributed by atoms with Crippen molar-refractivity contribution < 1.29 is 31.1 Å². The molecule has 0 saturated carbocycles. The van der Waals surface area contributed by atoms with Crippen LogP contribution in [0, 0.1) is 0 Å². The highest BCUT2D eigenvalue weighted by Crippen LogP contribution is 2.26. The molecule has 0 aliphatic heterocycles. The average Bonchev–Trinajstić information content (AvgIpc) is 2.50. The minimum absolute atomic E-state index is 0. The van der Waals surface area contributed by atoms with Gasteiger partial charge in [0.25, 0.3) is 0 Å². The number of guanidine groups is 1. The predicted molar refractivity (Wildman–Crippen MR) is 105 cm³/mol. The largest absolute Gasteiger partial charge is 0.573 e. The number of hydrogen-bond acceptors (Lipinski definition) is 3. The normalized spacial score (nSPS) is 12.5. The Balaban J connectivity index is 0.00000729. The van der Waals surface area contributed by atoms with Gasteiger partial charge in [-0.2, -0.15) is 13.2 Å². The molecular weight excluding hydrogens is 505 g/mol. The van der Waals surface area contributed by atoms with E-state index in [-0.39, 0.29) is 60.9 Å². The topological polar surface area (TPSA) is 48.9 Å². The van der Waals surface area contributed by atoms with Gasteiger partial charge in [0.15, 0.2) is 5.96 Å². The maximum atomic E-state index is 12.4. The first-order chi connectivity index (χ1) is 12.5. The van der Waals surface area contributed by atoms with E-state index in [1.54, 1.807) is 13.0 Å². The van der Waals surface area contributed by atoms with Crippen LogP contribution in [-0.2, 0) is 6.54 Å². The highest BCUT2D eigenvalue weighted by Gasteiger charge is 2.32. The van der Waals surface area contributed by atoms with Crippen molar-refractivity contribution in [1.82, 2.24) is 15.5 Å². The zero-order valence-corrected chi connectivity index (χ0v) is 17.7. The van der Waals surface area contributed by atoms with E-state index in [4.69, 9.17) is 0 Å². The first kappa shape index (κ1) is 26.6. The molecular formula is C16H23F6IN4O. The molecule has 0 aromatic heterocycles. The van der Waals surface area contributed by atoms with Gasteiger partial charge in [-0.25, -0.2) is 4.99 Å². The molecule has 0 bridgehead atoms. The SMILES string of the molecule is CCNC(=NCc1ccccc1OC(F)(F)F)NCCN(C)CC(F)(F)F.I. The third-order valence-corrected chi connectivity index (χ3v) is 3.19. The molecule has 0 spiro atoms. The summed E-state index contributed by atoms with van der Waals surface area (Å²) in [4.78, 5) is 5.25. The third-order valence-electron chi connectivity index (χ3n) is 3.19. The Kier molecular flexibility index (Phi) is 11.6. The number of ether oxygens (including phenoxy) is 1. The van der Waals surface area contributed by atoms with Crippen molar-refractivity contribution >= 4 is 29.9 Å². The first-order valence-corrected chi connectivity index (χ1v) is 8.11. The summed E-state index contributed by atoms with van der Waals surface area (Å²) >= 11 is 0. The van der Waals surface area contributed by atoms with Gasteiger partial charge in [0.1, 0.15) is 5.75 Å². The second kappa shape index (κ2) is 12.2. The van der Waals surface area contributed by atoms with Crippen molar-refractivity contribution in [3.8, 4) is 5.75 Å². The molecule has 1 aromatic rings. The molecule has 0 amide bonds. The maximum absolute atomic E-state index is 12.4. The number of alkyl halides is 6. The van der Waals surface area contributed by atoms with Gasteiger partial charge >= 0.3 is 12.5 Å². The van der Waals surface area contributed by atoms with Gasteiger partial charge in [-0.3, -0.25) is 4.90 Å². The molecule has 0 radical (unpaired) electrons. The van der Waals surface area contributed by atoms with Crippen molar-refractivity contribution in [1.29, 1.82) is 0 Å². The number of nitrogens with zero attached hydrogens (tertiary/aromatic N) is 2. The predicted octanol–water partition coefficient (Wildman–Crippen LogP) is 3.75. The van der Waals surface area contributed by atoms with E-state index < -0.39 is 19.1 Å². The molecule has 2 N–H and O–H groups in total. The molecule has 28 heavy (non-hydrogen) atoms. The summed E-state index contributed by atoms with van der Waals surface area (Å²) in [6.07, 6.45) is -9.10. The Morgan fingerprint density at radius 1 is 1.11 bits per heavy atom. The first-order valence-electron chi connectivity index (χ1n) is 8.11. The smallest absolute Gasteiger partial charge is 0.405 e. The fraction of sp³-hybridized carbons (Fsp3) is 0.562. The number of rotatable bonds is 8. The standard InChI is InChI=1S/C16H22F6N4O.HI/c1-3-23-14(24-8-9-26(2)11-15(17,18)19)25-10-12-6-4-5-7-13(12)27-16(20,21)22;/h4-7H,3,8-11H2,1-2H3,(H2,23,24,25);1H. The van der Waals surface area contributed by atoms with Crippen LogP contribution in [0.4, 0.5) is 26.3 Å². The Morgan fingerprint density at radius 2 is 1.75 bits per heavy atom. The van der Waals surface area contributed by atoms with Crippen LogP contribution in [0.3, 0.4) is 0 Å². The molecule has 0 aliphatic rings. The fourth-order valence-electron chi connectivity index (χ4n) is 2.11.